The molecule has 0 aromatic carbocycles. The predicted octanol–water partition coefficient (Wildman–Crippen LogP) is 1.04. The standard InChI is InChI=1S/C8H11BrO4/c1-3-7(10)12-4-5-13-8(11)6(2)9/h3,6H,1,4-5H2,2H3. The maximum atomic E-state index is 10.8. The highest BCUT2D eigenvalue weighted by Crippen LogP contribution is 1.99. The van der Waals surface area contributed by atoms with Crippen molar-refractivity contribution in [1.82, 2.24) is 0 Å². The van der Waals surface area contributed by atoms with Crippen LogP contribution in [0.5, 0.6) is 0 Å². The molecule has 0 bridgehead atoms. The molecule has 0 aliphatic heterocycles. The van der Waals surface area contributed by atoms with Crippen molar-refractivity contribution < 1.29 is 19.1 Å². The zero-order valence-corrected chi connectivity index (χ0v) is 8.87. The van der Waals surface area contributed by atoms with E-state index in [0.717, 1.165) is 6.08 Å². The third-order valence-corrected chi connectivity index (χ3v) is 1.44. The molecule has 0 aliphatic rings. The number of carbonyl (C=O) groups is 2. The molecular weight excluding hydrogens is 240 g/mol. The average molecular weight is 251 g/mol. The minimum absolute atomic E-state index is 0.0519. The van der Waals surface area contributed by atoms with Crippen LogP contribution < -0.4 is 0 Å². The number of rotatable bonds is 5. The smallest absolute Gasteiger partial charge is 0.330 e. The van der Waals surface area contributed by atoms with Crippen molar-refractivity contribution in [3.05, 3.63) is 12.7 Å². The van der Waals surface area contributed by atoms with E-state index in [1.54, 1.807) is 6.92 Å². The fourth-order valence-electron chi connectivity index (χ4n) is 0.458. The van der Waals surface area contributed by atoms with E-state index in [4.69, 9.17) is 4.74 Å². The molecule has 0 N–H and O–H groups in total. The van der Waals surface area contributed by atoms with E-state index in [0.29, 0.717) is 0 Å². The second kappa shape index (κ2) is 6.65. The van der Waals surface area contributed by atoms with Crippen molar-refractivity contribution in [2.45, 2.75) is 11.8 Å². The van der Waals surface area contributed by atoms with Gasteiger partial charge in [0.05, 0.1) is 0 Å². The molecule has 4 nitrogen and oxygen atoms in total. The average Bonchev–Trinajstić information content (AvgIpc) is 2.11. The second-order valence-corrected chi connectivity index (χ2v) is 3.53. The Morgan fingerprint density at radius 2 is 2.00 bits per heavy atom. The summed E-state index contributed by atoms with van der Waals surface area (Å²) in [6.07, 6.45) is 1.05. The van der Waals surface area contributed by atoms with E-state index in [1.165, 1.54) is 0 Å². The molecule has 1 unspecified atom stereocenters. The zero-order valence-electron chi connectivity index (χ0n) is 7.29. The van der Waals surface area contributed by atoms with Crippen molar-refractivity contribution in [2.75, 3.05) is 13.2 Å². The first-order valence-electron chi connectivity index (χ1n) is 3.68. The first-order chi connectivity index (χ1) is 6.07. The monoisotopic (exact) mass is 250 g/mol. The van der Waals surface area contributed by atoms with E-state index >= 15 is 0 Å². The largest absolute Gasteiger partial charge is 0.461 e. The molecule has 0 amide bonds. The van der Waals surface area contributed by atoms with Gasteiger partial charge in [-0.05, 0) is 6.92 Å². The van der Waals surface area contributed by atoms with Gasteiger partial charge in [-0.1, -0.05) is 22.5 Å². The quantitative estimate of drug-likeness (QED) is 0.317. The fourth-order valence-corrected chi connectivity index (χ4v) is 0.590. The van der Waals surface area contributed by atoms with Gasteiger partial charge in [-0.3, -0.25) is 4.79 Å². The van der Waals surface area contributed by atoms with Crippen LogP contribution in [0.3, 0.4) is 0 Å². The molecule has 0 saturated heterocycles. The Kier molecular flexibility index (Phi) is 6.22. The molecule has 13 heavy (non-hydrogen) atoms. The summed E-state index contributed by atoms with van der Waals surface area (Å²) in [5, 5.41) is 0. The Morgan fingerprint density at radius 3 is 2.46 bits per heavy atom. The van der Waals surface area contributed by atoms with Gasteiger partial charge in [0.15, 0.2) is 0 Å². The molecule has 0 fully saturated rings. The van der Waals surface area contributed by atoms with Crippen LogP contribution in [0, 0.1) is 0 Å². The van der Waals surface area contributed by atoms with Gasteiger partial charge in [-0.25, -0.2) is 4.79 Å². The van der Waals surface area contributed by atoms with Crippen LogP contribution in [0.2, 0.25) is 0 Å². The topological polar surface area (TPSA) is 52.6 Å². The highest BCUT2D eigenvalue weighted by atomic mass is 79.9. The van der Waals surface area contributed by atoms with Crippen LogP contribution in [0.1, 0.15) is 6.92 Å². The number of ether oxygens (including phenoxy) is 2. The van der Waals surface area contributed by atoms with Crippen LogP contribution >= 0.6 is 15.9 Å². The van der Waals surface area contributed by atoms with Crippen LogP contribution in [0.25, 0.3) is 0 Å². The zero-order chi connectivity index (χ0) is 10.3. The second-order valence-electron chi connectivity index (χ2n) is 2.16. The first kappa shape index (κ1) is 12.2. The van der Waals surface area contributed by atoms with Crippen LogP contribution in [0.4, 0.5) is 0 Å². The SMILES string of the molecule is C=CC(=O)OCCOC(=O)C(C)Br. The van der Waals surface area contributed by atoms with E-state index in [-0.39, 0.29) is 24.0 Å². The molecule has 0 saturated carbocycles. The number of carbonyl (C=O) groups excluding carboxylic acids is 2. The lowest BCUT2D eigenvalue weighted by molar-refractivity contribution is -0.148. The van der Waals surface area contributed by atoms with Gasteiger partial charge < -0.3 is 9.47 Å². The normalized spacial score (nSPS) is 11.5. The number of hydrogen-bond donors (Lipinski definition) is 0. The van der Waals surface area contributed by atoms with E-state index < -0.39 is 5.97 Å². The van der Waals surface area contributed by atoms with Gasteiger partial charge in [-0.15, -0.1) is 0 Å². The summed E-state index contributed by atoms with van der Waals surface area (Å²) in [4.78, 5) is 21.0. The molecule has 0 aliphatic carbocycles. The Bertz CT molecular complexity index is 200. The summed E-state index contributed by atoms with van der Waals surface area (Å²) in [7, 11) is 0. The minimum atomic E-state index is -0.525. The molecule has 74 valence electrons. The summed E-state index contributed by atoms with van der Waals surface area (Å²) in [6, 6.07) is 0. The van der Waals surface area contributed by atoms with Crippen LogP contribution in [-0.2, 0) is 19.1 Å². The van der Waals surface area contributed by atoms with Gasteiger partial charge in [0.25, 0.3) is 0 Å². The van der Waals surface area contributed by atoms with E-state index in [1.807, 2.05) is 0 Å². The minimum Gasteiger partial charge on any atom is -0.461 e. The maximum Gasteiger partial charge on any atom is 0.330 e. The van der Waals surface area contributed by atoms with Gasteiger partial charge in [-0.2, -0.15) is 0 Å². The Hall–Kier alpha value is -0.840. The van der Waals surface area contributed by atoms with Crippen LogP contribution in [0.15, 0.2) is 12.7 Å². The van der Waals surface area contributed by atoms with E-state index in [9.17, 15) is 9.59 Å². The Balaban J connectivity index is 3.41. The van der Waals surface area contributed by atoms with Gasteiger partial charge in [0, 0.05) is 6.08 Å². The van der Waals surface area contributed by atoms with Gasteiger partial charge >= 0.3 is 11.9 Å². The predicted molar refractivity (Wildman–Crippen MR) is 50.5 cm³/mol. The summed E-state index contributed by atoms with van der Waals surface area (Å²) in [5.41, 5.74) is 0. The molecule has 0 spiro atoms. The van der Waals surface area contributed by atoms with Gasteiger partial charge in [0.1, 0.15) is 18.0 Å². The highest BCUT2D eigenvalue weighted by molar-refractivity contribution is 9.10. The summed E-state index contributed by atoms with van der Waals surface area (Å²) in [5.74, 6) is -0.905. The number of hydrogen-bond acceptors (Lipinski definition) is 4. The Labute approximate surface area is 85.0 Å². The summed E-state index contributed by atoms with van der Waals surface area (Å²) >= 11 is 3.04. The lowest BCUT2D eigenvalue weighted by atomic mass is 10.5. The summed E-state index contributed by atoms with van der Waals surface area (Å²) in [6.45, 7) is 4.98. The molecule has 0 aromatic heterocycles. The van der Waals surface area contributed by atoms with Crippen molar-refractivity contribution in [3.8, 4) is 0 Å². The third-order valence-electron chi connectivity index (χ3n) is 1.06. The molecule has 5 heteroatoms. The first-order valence-corrected chi connectivity index (χ1v) is 4.59. The molecular formula is C8H11BrO4. The maximum absolute atomic E-state index is 10.8. The number of alkyl halides is 1. The lowest BCUT2D eigenvalue weighted by Gasteiger charge is -2.05. The summed E-state index contributed by atoms with van der Waals surface area (Å²) < 4.78 is 9.27. The van der Waals surface area contributed by atoms with Crippen molar-refractivity contribution in [2.24, 2.45) is 0 Å². The lowest BCUT2D eigenvalue weighted by Crippen LogP contribution is -2.17. The number of esters is 2. The molecule has 0 radical (unpaired) electrons. The highest BCUT2D eigenvalue weighted by Gasteiger charge is 2.09. The van der Waals surface area contributed by atoms with Crippen molar-refractivity contribution >= 4 is 27.9 Å². The molecule has 0 rings (SSSR count). The molecule has 0 heterocycles. The Morgan fingerprint density at radius 1 is 1.46 bits per heavy atom. The third kappa shape index (κ3) is 6.33. The number of halogens is 1. The molecule has 0 aromatic rings. The van der Waals surface area contributed by atoms with Crippen molar-refractivity contribution in [3.63, 3.8) is 0 Å². The van der Waals surface area contributed by atoms with Crippen LogP contribution in [-0.4, -0.2) is 30.0 Å². The van der Waals surface area contributed by atoms with E-state index in [2.05, 4.69) is 27.2 Å². The fraction of sp³-hybridized carbons (Fsp3) is 0.500. The van der Waals surface area contributed by atoms with Gasteiger partial charge in [0.2, 0.25) is 0 Å². The van der Waals surface area contributed by atoms with Crippen molar-refractivity contribution in [1.29, 1.82) is 0 Å². The molecule has 1 atom stereocenters.